The number of hydrogen-bond donors (Lipinski definition) is 2. The smallest absolute Gasteiger partial charge is 0.219 e. The van der Waals surface area contributed by atoms with Crippen LogP contribution in [0.15, 0.2) is 0 Å². The Morgan fingerprint density at radius 1 is 1.47 bits per heavy atom. The van der Waals surface area contributed by atoms with Crippen molar-refractivity contribution >= 4 is 17.7 Å². The van der Waals surface area contributed by atoms with Crippen LogP contribution in [-0.2, 0) is 4.79 Å². The van der Waals surface area contributed by atoms with Crippen molar-refractivity contribution in [2.75, 3.05) is 25.6 Å². The van der Waals surface area contributed by atoms with E-state index in [1.54, 1.807) is 0 Å². The van der Waals surface area contributed by atoms with Crippen molar-refractivity contribution < 1.29 is 4.79 Å². The van der Waals surface area contributed by atoms with Crippen molar-refractivity contribution in [3.05, 3.63) is 0 Å². The van der Waals surface area contributed by atoms with Crippen molar-refractivity contribution in [1.29, 1.82) is 0 Å². The summed E-state index contributed by atoms with van der Waals surface area (Å²) < 4.78 is 0. The zero-order valence-corrected chi connectivity index (χ0v) is 10.7. The maximum atomic E-state index is 10.9. The highest BCUT2D eigenvalue weighted by Gasteiger charge is 2.21. The molecule has 0 bridgehead atoms. The fourth-order valence-electron chi connectivity index (χ4n) is 1.64. The van der Waals surface area contributed by atoms with E-state index in [1.807, 2.05) is 18.8 Å². The summed E-state index contributed by atoms with van der Waals surface area (Å²) in [6.45, 7) is 2.62. The number of carbonyl (C=O) groups is 1. The predicted octanol–water partition coefficient (Wildman–Crippen LogP) is 0.263. The van der Waals surface area contributed by atoms with E-state index in [0.29, 0.717) is 19.0 Å². The fraction of sp³-hybridized carbons (Fsp3) is 0.900. The van der Waals surface area contributed by atoms with Gasteiger partial charge in [-0.25, -0.2) is 0 Å². The van der Waals surface area contributed by atoms with Gasteiger partial charge in [0, 0.05) is 30.8 Å². The molecular weight excluding hydrogens is 210 g/mol. The van der Waals surface area contributed by atoms with Gasteiger partial charge in [0.15, 0.2) is 0 Å². The molecular formula is C10H23N3OS. The van der Waals surface area contributed by atoms with Gasteiger partial charge in [0.1, 0.15) is 0 Å². The van der Waals surface area contributed by atoms with Crippen LogP contribution in [0.1, 0.15) is 19.8 Å². The Morgan fingerprint density at radius 3 is 2.40 bits per heavy atom. The summed E-state index contributed by atoms with van der Waals surface area (Å²) in [7, 11) is 2.02. The third-order valence-electron chi connectivity index (χ3n) is 2.69. The zero-order chi connectivity index (χ0) is 11.8. The Hall–Kier alpha value is -0.260. The van der Waals surface area contributed by atoms with E-state index in [-0.39, 0.29) is 11.9 Å². The summed E-state index contributed by atoms with van der Waals surface area (Å²) in [6, 6.07) is 0.535. The van der Waals surface area contributed by atoms with Crippen LogP contribution in [-0.4, -0.2) is 48.5 Å². The first kappa shape index (κ1) is 14.7. The predicted molar refractivity (Wildman–Crippen MR) is 66.9 cm³/mol. The Balaban J connectivity index is 4.32. The summed E-state index contributed by atoms with van der Waals surface area (Å²) in [4.78, 5) is 13.1. The Bertz CT molecular complexity index is 190. The molecule has 2 atom stereocenters. The van der Waals surface area contributed by atoms with E-state index < -0.39 is 0 Å². The van der Waals surface area contributed by atoms with Gasteiger partial charge in [-0.15, -0.1) is 0 Å². The molecule has 2 unspecified atom stereocenters. The molecule has 4 nitrogen and oxygen atoms in total. The first-order valence-corrected chi connectivity index (χ1v) is 6.65. The zero-order valence-electron chi connectivity index (χ0n) is 9.90. The van der Waals surface area contributed by atoms with E-state index in [9.17, 15) is 4.79 Å². The van der Waals surface area contributed by atoms with Crippen LogP contribution >= 0.6 is 11.8 Å². The molecule has 0 rings (SSSR count). The van der Waals surface area contributed by atoms with Crippen LogP contribution in [0.3, 0.4) is 0 Å². The average molecular weight is 233 g/mol. The maximum Gasteiger partial charge on any atom is 0.219 e. The SMILES string of the molecule is CCC(CSC)N(C)C(CN)CC(N)=O. The molecule has 0 aliphatic heterocycles. The number of hydrogen-bond acceptors (Lipinski definition) is 4. The minimum Gasteiger partial charge on any atom is -0.370 e. The number of carbonyl (C=O) groups excluding carboxylic acids is 1. The molecule has 0 heterocycles. The van der Waals surface area contributed by atoms with Gasteiger partial charge in [0.25, 0.3) is 0 Å². The molecule has 0 radical (unpaired) electrons. The van der Waals surface area contributed by atoms with Crippen LogP contribution in [0.5, 0.6) is 0 Å². The molecule has 4 N–H and O–H groups in total. The van der Waals surface area contributed by atoms with Crippen LogP contribution in [0.25, 0.3) is 0 Å². The summed E-state index contributed by atoms with van der Waals surface area (Å²) in [5.41, 5.74) is 10.9. The molecule has 0 aromatic rings. The van der Waals surface area contributed by atoms with E-state index in [1.165, 1.54) is 0 Å². The van der Waals surface area contributed by atoms with Gasteiger partial charge in [0.2, 0.25) is 5.91 Å². The van der Waals surface area contributed by atoms with Crippen molar-refractivity contribution in [1.82, 2.24) is 4.90 Å². The normalized spacial score (nSPS) is 15.3. The molecule has 0 spiro atoms. The van der Waals surface area contributed by atoms with E-state index in [0.717, 1.165) is 12.2 Å². The van der Waals surface area contributed by atoms with Gasteiger partial charge in [-0.1, -0.05) is 6.92 Å². The van der Waals surface area contributed by atoms with Crippen molar-refractivity contribution in [3.8, 4) is 0 Å². The summed E-state index contributed by atoms with van der Waals surface area (Å²) >= 11 is 1.81. The van der Waals surface area contributed by atoms with E-state index >= 15 is 0 Å². The maximum absolute atomic E-state index is 10.9. The summed E-state index contributed by atoms with van der Waals surface area (Å²) in [5, 5.41) is 0. The lowest BCUT2D eigenvalue weighted by molar-refractivity contribution is -0.119. The van der Waals surface area contributed by atoms with Gasteiger partial charge >= 0.3 is 0 Å². The highest BCUT2D eigenvalue weighted by Crippen LogP contribution is 2.12. The molecule has 0 aromatic heterocycles. The second kappa shape index (κ2) is 7.96. The minimum absolute atomic E-state index is 0.0691. The van der Waals surface area contributed by atoms with Crippen LogP contribution < -0.4 is 11.5 Å². The standard InChI is InChI=1S/C10H23N3OS/c1-4-8(7-15-3)13(2)9(6-11)5-10(12)14/h8-9H,4-7,11H2,1-3H3,(H2,12,14). The highest BCUT2D eigenvalue weighted by molar-refractivity contribution is 7.98. The van der Waals surface area contributed by atoms with Crippen molar-refractivity contribution in [2.45, 2.75) is 31.8 Å². The molecule has 0 saturated carbocycles. The molecule has 5 heteroatoms. The number of rotatable bonds is 8. The van der Waals surface area contributed by atoms with Crippen molar-refractivity contribution in [2.24, 2.45) is 11.5 Å². The number of likely N-dealkylation sites (N-methyl/N-ethyl adjacent to an activating group) is 1. The van der Waals surface area contributed by atoms with Gasteiger partial charge in [-0.05, 0) is 19.7 Å². The second-order valence-electron chi connectivity index (χ2n) is 3.74. The van der Waals surface area contributed by atoms with Crippen molar-refractivity contribution in [3.63, 3.8) is 0 Å². The quantitative estimate of drug-likeness (QED) is 0.631. The molecule has 0 aliphatic rings. The summed E-state index contributed by atoms with van der Waals surface area (Å²) in [6.07, 6.45) is 3.49. The topological polar surface area (TPSA) is 72.3 Å². The fourth-order valence-corrected chi connectivity index (χ4v) is 2.50. The van der Waals surface area contributed by atoms with Gasteiger partial charge in [0.05, 0.1) is 0 Å². The van der Waals surface area contributed by atoms with E-state index in [2.05, 4.69) is 18.1 Å². The van der Waals surface area contributed by atoms with Gasteiger partial charge in [-0.3, -0.25) is 9.69 Å². The lowest BCUT2D eigenvalue weighted by atomic mass is 10.1. The molecule has 0 aliphatic carbocycles. The Morgan fingerprint density at radius 2 is 2.07 bits per heavy atom. The highest BCUT2D eigenvalue weighted by atomic mass is 32.2. The second-order valence-corrected chi connectivity index (χ2v) is 4.65. The third-order valence-corrected chi connectivity index (χ3v) is 3.41. The average Bonchev–Trinajstić information content (AvgIpc) is 2.21. The van der Waals surface area contributed by atoms with Gasteiger partial charge in [-0.2, -0.15) is 11.8 Å². The lowest BCUT2D eigenvalue weighted by Crippen LogP contribution is -2.47. The number of primary amides is 1. The minimum atomic E-state index is -0.281. The number of thioether (sulfide) groups is 1. The number of nitrogens with two attached hydrogens (primary N) is 2. The van der Waals surface area contributed by atoms with E-state index in [4.69, 9.17) is 11.5 Å². The molecule has 90 valence electrons. The monoisotopic (exact) mass is 233 g/mol. The Labute approximate surface area is 96.7 Å². The molecule has 0 saturated heterocycles. The Kier molecular flexibility index (Phi) is 7.82. The van der Waals surface area contributed by atoms with Crippen LogP contribution in [0.2, 0.25) is 0 Å². The first-order valence-electron chi connectivity index (χ1n) is 5.26. The number of nitrogens with zero attached hydrogens (tertiary/aromatic N) is 1. The lowest BCUT2D eigenvalue weighted by Gasteiger charge is -2.33. The molecule has 0 fully saturated rings. The molecule has 1 amide bonds. The molecule has 0 aromatic carbocycles. The third kappa shape index (κ3) is 5.39. The van der Waals surface area contributed by atoms with Gasteiger partial charge < -0.3 is 11.5 Å². The van der Waals surface area contributed by atoms with Crippen LogP contribution in [0, 0.1) is 0 Å². The summed E-state index contributed by atoms with van der Waals surface area (Å²) in [5.74, 6) is 0.777. The first-order chi connectivity index (χ1) is 7.06. The molecule has 15 heavy (non-hydrogen) atoms. The van der Waals surface area contributed by atoms with Crippen LogP contribution in [0.4, 0.5) is 0 Å². The largest absolute Gasteiger partial charge is 0.370 e. The number of amides is 1.